The quantitative estimate of drug-likeness (QED) is 0.597. The molecule has 1 N–H and O–H groups in total. The minimum Gasteiger partial charge on any atom is -0.468 e. The first-order valence-electron chi connectivity index (χ1n) is 7.83. The van der Waals surface area contributed by atoms with Crippen LogP contribution in [0.5, 0.6) is 0 Å². The van der Waals surface area contributed by atoms with Gasteiger partial charge in [0.05, 0.1) is 12.4 Å². The Kier molecular flexibility index (Phi) is 5.52. The number of allylic oxidation sites excluding steroid dienone is 1. The maximum atomic E-state index is 11.6. The van der Waals surface area contributed by atoms with E-state index in [0.29, 0.717) is 5.76 Å². The zero-order valence-corrected chi connectivity index (χ0v) is 14.7. The van der Waals surface area contributed by atoms with Gasteiger partial charge >= 0.3 is 5.97 Å². The van der Waals surface area contributed by atoms with Crippen LogP contribution in [0.2, 0.25) is 0 Å². The lowest BCUT2D eigenvalue weighted by molar-refractivity contribution is -0.366. The Bertz CT molecular complexity index is 519. The summed E-state index contributed by atoms with van der Waals surface area (Å²) >= 11 is 0. The summed E-state index contributed by atoms with van der Waals surface area (Å²) in [6, 6.07) is -0.738. The molecule has 0 radical (unpaired) electrons. The van der Waals surface area contributed by atoms with E-state index >= 15 is 0 Å². The standard InChI is InChI=1S/C16H25NO7/c1-8(2)21-15-12(17-9(3)18)14(22-10(4)19)13-11(23-15)7-20-16(5,6)24-13/h11-15H,1,7H2,2-6H3,(H,17,18)/t11?,12-,13+,14?,15?/m0/s1. The molecule has 24 heavy (non-hydrogen) atoms. The number of esters is 1. The van der Waals surface area contributed by atoms with E-state index in [9.17, 15) is 9.59 Å². The molecule has 8 nitrogen and oxygen atoms in total. The number of carbonyl (C=O) groups excluding carboxylic acids is 2. The van der Waals surface area contributed by atoms with E-state index in [-0.39, 0.29) is 12.5 Å². The van der Waals surface area contributed by atoms with Crippen LogP contribution in [0.25, 0.3) is 0 Å². The van der Waals surface area contributed by atoms with Gasteiger partial charge in [0, 0.05) is 13.8 Å². The maximum Gasteiger partial charge on any atom is 0.303 e. The van der Waals surface area contributed by atoms with Gasteiger partial charge in [-0.25, -0.2) is 0 Å². The average molecular weight is 343 g/mol. The fourth-order valence-corrected chi connectivity index (χ4v) is 2.84. The molecule has 0 saturated carbocycles. The normalized spacial score (nSPS) is 34.6. The number of fused-ring (bicyclic) bond motifs is 1. The van der Waals surface area contributed by atoms with Gasteiger partial charge in [0.1, 0.15) is 18.2 Å². The number of hydrogen-bond acceptors (Lipinski definition) is 7. The van der Waals surface area contributed by atoms with Crippen LogP contribution in [0.15, 0.2) is 12.3 Å². The predicted octanol–water partition coefficient (Wildman–Crippen LogP) is 0.849. The number of nitrogens with one attached hydrogen (secondary N) is 1. The van der Waals surface area contributed by atoms with E-state index in [0.717, 1.165) is 0 Å². The van der Waals surface area contributed by atoms with Crippen LogP contribution < -0.4 is 5.32 Å². The molecular weight excluding hydrogens is 318 g/mol. The molecule has 3 unspecified atom stereocenters. The van der Waals surface area contributed by atoms with Crippen molar-refractivity contribution in [2.45, 2.75) is 71.0 Å². The molecular formula is C16H25NO7. The topological polar surface area (TPSA) is 92.3 Å². The summed E-state index contributed by atoms with van der Waals surface area (Å²) in [5.41, 5.74) is 0. The maximum absolute atomic E-state index is 11.6. The lowest BCUT2D eigenvalue weighted by Crippen LogP contribution is -2.69. The van der Waals surface area contributed by atoms with Crippen molar-refractivity contribution in [3.8, 4) is 0 Å². The minimum atomic E-state index is -0.870. The van der Waals surface area contributed by atoms with E-state index in [2.05, 4.69) is 11.9 Å². The summed E-state index contributed by atoms with van der Waals surface area (Å²) in [5.74, 6) is -1.24. The lowest BCUT2D eigenvalue weighted by atomic mass is 9.95. The minimum absolute atomic E-state index is 0.248. The van der Waals surface area contributed by atoms with Crippen molar-refractivity contribution in [3.63, 3.8) is 0 Å². The summed E-state index contributed by atoms with van der Waals surface area (Å²) < 4.78 is 28.4. The molecule has 0 aromatic carbocycles. The second kappa shape index (κ2) is 7.08. The van der Waals surface area contributed by atoms with Crippen molar-refractivity contribution in [1.29, 1.82) is 0 Å². The molecule has 2 fully saturated rings. The third-order valence-corrected chi connectivity index (χ3v) is 3.65. The van der Waals surface area contributed by atoms with Crippen LogP contribution >= 0.6 is 0 Å². The Morgan fingerprint density at radius 3 is 2.42 bits per heavy atom. The van der Waals surface area contributed by atoms with E-state index in [4.69, 9.17) is 23.7 Å². The van der Waals surface area contributed by atoms with E-state index in [1.165, 1.54) is 13.8 Å². The van der Waals surface area contributed by atoms with Gasteiger partial charge in [0.25, 0.3) is 0 Å². The number of amides is 1. The third kappa shape index (κ3) is 4.46. The van der Waals surface area contributed by atoms with Crippen molar-refractivity contribution < 1.29 is 33.3 Å². The molecule has 0 bridgehead atoms. The Morgan fingerprint density at radius 1 is 1.21 bits per heavy atom. The van der Waals surface area contributed by atoms with Crippen LogP contribution in [0.4, 0.5) is 0 Å². The summed E-state index contributed by atoms with van der Waals surface area (Å²) in [6.45, 7) is 11.8. The smallest absolute Gasteiger partial charge is 0.303 e. The van der Waals surface area contributed by atoms with E-state index in [1.807, 2.05) is 0 Å². The number of hydrogen-bond donors (Lipinski definition) is 1. The molecule has 2 saturated heterocycles. The molecule has 2 aliphatic heterocycles. The van der Waals surface area contributed by atoms with Gasteiger partial charge in [-0.1, -0.05) is 6.58 Å². The number of carbonyl (C=O) groups is 2. The average Bonchev–Trinajstić information content (AvgIpc) is 2.41. The Morgan fingerprint density at radius 2 is 1.88 bits per heavy atom. The van der Waals surface area contributed by atoms with Crippen LogP contribution in [-0.2, 0) is 33.3 Å². The van der Waals surface area contributed by atoms with Gasteiger partial charge in [-0.3, -0.25) is 9.59 Å². The monoisotopic (exact) mass is 343 g/mol. The van der Waals surface area contributed by atoms with Gasteiger partial charge in [0.15, 0.2) is 11.9 Å². The molecule has 0 aromatic heterocycles. The van der Waals surface area contributed by atoms with Crippen LogP contribution in [0.3, 0.4) is 0 Å². The molecule has 0 aromatic rings. The van der Waals surface area contributed by atoms with Crippen molar-refractivity contribution in [1.82, 2.24) is 5.32 Å². The molecule has 0 spiro atoms. The summed E-state index contributed by atoms with van der Waals surface area (Å²) in [4.78, 5) is 23.2. The zero-order chi connectivity index (χ0) is 18.1. The molecule has 0 aliphatic carbocycles. The Balaban J connectivity index is 2.33. The van der Waals surface area contributed by atoms with Gasteiger partial charge in [-0.15, -0.1) is 0 Å². The molecule has 8 heteroatoms. The van der Waals surface area contributed by atoms with Gasteiger partial charge < -0.3 is 29.0 Å². The first-order valence-corrected chi connectivity index (χ1v) is 7.83. The lowest BCUT2D eigenvalue weighted by Gasteiger charge is -2.50. The molecule has 5 atom stereocenters. The van der Waals surface area contributed by atoms with Crippen molar-refractivity contribution in [2.24, 2.45) is 0 Å². The van der Waals surface area contributed by atoms with Crippen LogP contribution in [0.1, 0.15) is 34.6 Å². The second-order valence-electron chi connectivity index (χ2n) is 6.46. The molecule has 136 valence electrons. The second-order valence-corrected chi connectivity index (χ2v) is 6.46. The fraction of sp³-hybridized carbons (Fsp3) is 0.750. The van der Waals surface area contributed by atoms with Gasteiger partial charge in [0.2, 0.25) is 12.2 Å². The van der Waals surface area contributed by atoms with E-state index in [1.54, 1.807) is 20.8 Å². The SMILES string of the molecule is C=C(C)OC1OC2COC(C)(C)O[C@H]2C(OC(C)=O)[C@@H]1NC(C)=O. The predicted molar refractivity (Wildman–Crippen MR) is 82.6 cm³/mol. The highest BCUT2D eigenvalue weighted by Gasteiger charge is 2.54. The Hall–Kier alpha value is -1.64. The summed E-state index contributed by atoms with van der Waals surface area (Å²) in [6.07, 6.45) is -2.75. The van der Waals surface area contributed by atoms with E-state index < -0.39 is 42.4 Å². The van der Waals surface area contributed by atoms with Crippen molar-refractivity contribution >= 4 is 11.9 Å². The summed E-state index contributed by atoms with van der Waals surface area (Å²) in [5, 5.41) is 2.72. The first-order chi connectivity index (χ1) is 11.1. The largest absolute Gasteiger partial charge is 0.468 e. The van der Waals surface area contributed by atoms with Crippen LogP contribution in [0, 0.1) is 0 Å². The number of ether oxygens (including phenoxy) is 5. The number of rotatable bonds is 4. The van der Waals surface area contributed by atoms with Crippen LogP contribution in [-0.4, -0.2) is 54.9 Å². The molecule has 2 rings (SSSR count). The highest BCUT2D eigenvalue weighted by atomic mass is 16.8. The van der Waals surface area contributed by atoms with Gasteiger partial charge in [-0.05, 0) is 20.8 Å². The Labute approximate surface area is 141 Å². The highest BCUT2D eigenvalue weighted by molar-refractivity contribution is 5.73. The fourth-order valence-electron chi connectivity index (χ4n) is 2.84. The van der Waals surface area contributed by atoms with Crippen molar-refractivity contribution in [3.05, 3.63) is 12.3 Å². The third-order valence-electron chi connectivity index (χ3n) is 3.65. The highest BCUT2D eigenvalue weighted by Crippen LogP contribution is 2.34. The summed E-state index contributed by atoms with van der Waals surface area (Å²) in [7, 11) is 0. The molecule has 2 aliphatic rings. The van der Waals surface area contributed by atoms with Crippen molar-refractivity contribution in [2.75, 3.05) is 6.61 Å². The zero-order valence-electron chi connectivity index (χ0n) is 14.7. The molecule has 1 amide bonds. The first kappa shape index (κ1) is 18.7. The van der Waals surface area contributed by atoms with Gasteiger partial charge in [-0.2, -0.15) is 0 Å². The molecule has 2 heterocycles.